The van der Waals surface area contributed by atoms with Crippen molar-refractivity contribution in [3.05, 3.63) is 71.8 Å². The van der Waals surface area contributed by atoms with Gasteiger partial charge in [-0.25, -0.2) is 19.6 Å². The van der Waals surface area contributed by atoms with E-state index in [4.69, 9.17) is 9.97 Å². The van der Waals surface area contributed by atoms with Gasteiger partial charge in [0.05, 0.1) is 47.6 Å². The quantitative estimate of drug-likeness (QED) is 0.353. The van der Waals surface area contributed by atoms with E-state index in [2.05, 4.69) is 31.2 Å². The van der Waals surface area contributed by atoms with Crippen molar-refractivity contribution in [3.63, 3.8) is 0 Å². The number of nitriles is 1. The van der Waals surface area contributed by atoms with Crippen LogP contribution in [0.4, 0.5) is 5.82 Å². The molecule has 0 radical (unpaired) electrons. The molecule has 1 saturated carbocycles. The van der Waals surface area contributed by atoms with Gasteiger partial charge >= 0.3 is 0 Å². The van der Waals surface area contributed by atoms with Gasteiger partial charge in [-0.1, -0.05) is 23.4 Å². The minimum Gasteiger partial charge on any atom is -0.355 e. The minimum absolute atomic E-state index is 0.280. The number of H-pyrrole nitrogens is 1. The first-order chi connectivity index (χ1) is 19.5. The summed E-state index contributed by atoms with van der Waals surface area (Å²) in [5.41, 5.74) is 7.16. The number of anilines is 1. The topological polar surface area (TPSA) is 129 Å². The molecule has 2 fully saturated rings. The van der Waals surface area contributed by atoms with E-state index in [0.29, 0.717) is 42.1 Å². The van der Waals surface area contributed by atoms with Crippen molar-refractivity contribution in [2.75, 3.05) is 18.0 Å². The lowest BCUT2D eigenvalue weighted by Crippen LogP contribution is -2.58. The van der Waals surface area contributed by atoms with Crippen LogP contribution < -0.4 is 4.90 Å². The molecule has 1 saturated heterocycles. The fraction of sp³-hybridized carbons (Fsp3) is 0.300. The number of benzene rings is 1. The largest absolute Gasteiger partial charge is 0.355 e. The summed E-state index contributed by atoms with van der Waals surface area (Å²) in [6.07, 6.45) is 6.94. The highest BCUT2D eigenvalue weighted by atomic mass is 16.1. The zero-order valence-corrected chi connectivity index (χ0v) is 22.1. The van der Waals surface area contributed by atoms with Crippen LogP contribution in [0.5, 0.6) is 0 Å². The van der Waals surface area contributed by atoms with Gasteiger partial charge in [-0.15, -0.1) is 5.10 Å². The maximum Gasteiger partial charge on any atom is 0.178 e. The van der Waals surface area contributed by atoms with Gasteiger partial charge in [-0.05, 0) is 49.6 Å². The molecule has 198 valence electrons. The van der Waals surface area contributed by atoms with Crippen LogP contribution in [0.3, 0.4) is 0 Å². The van der Waals surface area contributed by atoms with Crippen LogP contribution >= 0.6 is 0 Å². The second-order valence-electron chi connectivity index (χ2n) is 10.9. The highest BCUT2D eigenvalue weighted by Crippen LogP contribution is 2.44. The van der Waals surface area contributed by atoms with E-state index in [9.17, 15) is 10.1 Å². The van der Waals surface area contributed by atoms with Crippen LogP contribution in [0.2, 0.25) is 0 Å². The molecular formula is C30H27N9O. The van der Waals surface area contributed by atoms with Crippen LogP contribution in [0, 0.1) is 23.7 Å². The molecule has 1 aliphatic carbocycles. The number of nitrogens with zero attached hydrogens (tertiary/aromatic N) is 8. The van der Waals surface area contributed by atoms with Crippen molar-refractivity contribution in [3.8, 4) is 28.6 Å². The second kappa shape index (κ2) is 9.38. The Kier molecular flexibility index (Phi) is 5.66. The summed E-state index contributed by atoms with van der Waals surface area (Å²) in [7, 11) is 0. The first kappa shape index (κ1) is 24.2. The molecule has 0 atom stereocenters. The lowest BCUT2D eigenvalue weighted by Gasteiger charge is -2.52. The zero-order chi connectivity index (χ0) is 27.3. The minimum atomic E-state index is 0.280. The predicted octanol–water partition coefficient (Wildman–Crippen LogP) is 4.46. The standard InChI is InChI=1S/C30H27N9O/c1-19-20(13-31)4-2-6-23(19)25-12-24(28-29(35-25)33-18-32-28)26-15-39(37-36-26)14-21-5-3-7-27(34-21)38-16-30(17-38)10-8-22(40)9-11-30/h2-7,12,15,18H,8-11,14,16-17H2,1H3,(H,32,33,35). The molecule has 2 aliphatic rings. The van der Waals surface area contributed by atoms with Gasteiger partial charge in [0.1, 0.15) is 17.3 Å². The average Bonchev–Trinajstić information content (AvgIpc) is 3.62. The van der Waals surface area contributed by atoms with Crippen LogP contribution in [0.15, 0.2) is 55.0 Å². The summed E-state index contributed by atoms with van der Waals surface area (Å²) in [5.74, 6) is 1.37. The van der Waals surface area contributed by atoms with Gasteiger partial charge in [0.15, 0.2) is 5.65 Å². The van der Waals surface area contributed by atoms with E-state index in [1.165, 1.54) is 0 Å². The maximum absolute atomic E-state index is 11.7. The number of aromatic nitrogens is 7. The van der Waals surface area contributed by atoms with Gasteiger partial charge in [0, 0.05) is 42.5 Å². The third kappa shape index (κ3) is 4.20. The van der Waals surface area contributed by atoms with E-state index in [1.54, 1.807) is 17.1 Å². The van der Waals surface area contributed by atoms with Crippen molar-refractivity contribution >= 4 is 22.8 Å². The Morgan fingerprint density at radius 2 is 1.88 bits per heavy atom. The highest BCUT2D eigenvalue weighted by Gasteiger charge is 2.45. The molecule has 40 heavy (non-hydrogen) atoms. The molecule has 1 aliphatic heterocycles. The van der Waals surface area contributed by atoms with E-state index in [-0.39, 0.29) is 5.41 Å². The van der Waals surface area contributed by atoms with Crippen molar-refractivity contribution in [1.29, 1.82) is 5.26 Å². The average molecular weight is 530 g/mol. The summed E-state index contributed by atoms with van der Waals surface area (Å²) in [6.45, 7) is 4.34. The van der Waals surface area contributed by atoms with Gasteiger partial charge < -0.3 is 9.88 Å². The van der Waals surface area contributed by atoms with Crippen LogP contribution in [-0.2, 0) is 11.3 Å². The first-order valence-corrected chi connectivity index (χ1v) is 13.5. The highest BCUT2D eigenvalue weighted by molar-refractivity contribution is 5.91. The van der Waals surface area contributed by atoms with Crippen LogP contribution in [0.1, 0.15) is 42.5 Å². The van der Waals surface area contributed by atoms with Crippen molar-refractivity contribution in [2.24, 2.45) is 5.41 Å². The molecule has 10 nitrogen and oxygen atoms in total. The van der Waals surface area contributed by atoms with Crippen LogP contribution in [-0.4, -0.2) is 53.8 Å². The SMILES string of the molecule is Cc1c(C#N)cccc1-c1cc(-c2cn(Cc3cccc(N4CC5(CCC(=O)CC5)C4)n3)nn2)c2[nH]cnc2n1. The molecular weight excluding hydrogens is 502 g/mol. The number of aromatic amines is 1. The molecule has 0 unspecified atom stereocenters. The van der Waals surface area contributed by atoms with Gasteiger partial charge in [0.2, 0.25) is 0 Å². The Balaban J connectivity index is 1.14. The normalized spacial score (nSPS) is 16.3. The van der Waals surface area contributed by atoms with E-state index in [1.807, 2.05) is 49.5 Å². The molecule has 1 spiro atoms. The Bertz CT molecular complexity index is 1790. The predicted molar refractivity (Wildman–Crippen MR) is 149 cm³/mol. The fourth-order valence-corrected chi connectivity index (χ4v) is 6.00. The third-order valence-electron chi connectivity index (χ3n) is 8.30. The Morgan fingerprint density at radius 3 is 2.70 bits per heavy atom. The number of fused-ring (bicyclic) bond motifs is 1. The number of hydrogen-bond acceptors (Lipinski definition) is 8. The Morgan fingerprint density at radius 1 is 1.05 bits per heavy atom. The molecule has 4 aromatic heterocycles. The number of hydrogen-bond donors (Lipinski definition) is 1. The zero-order valence-electron chi connectivity index (χ0n) is 22.1. The summed E-state index contributed by atoms with van der Waals surface area (Å²) in [4.78, 5) is 31.2. The second-order valence-corrected chi connectivity index (χ2v) is 10.9. The van der Waals surface area contributed by atoms with Gasteiger partial charge in [0.25, 0.3) is 0 Å². The van der Waals surface area contributed by atoms with Crippen molar-refractivity contribution in [2.45, 2.75) is 39.2 Å². The number of ketones is 1. The number of Topliss-reactive ketones (excluding diaryl/α,β-unsaturated/α-hetero) is 1. The lowest BCUT2D eigenvalue weighted by atomic mass is 9.68. The number of carbonyl (C=O) groups excluding carboxylic acids is 1. The number of rotatable bonds is 5. The van der Waals surface area contributed by atoms with E-state index >= 15 is 0 Å². The third-order valence-corrected chi connectivity index (χ3v) is 8.30. The summed E-state index contributed by atoms with van der Waals surface area (Å²) < 4.78 is 1.79. The summed E-state index contributed by atoms with van der Waals surface area (Å²) in [5, 5.41) is 18.4. The van der Waals surface area contributed by atoms with E-state index in [0.717, 1.165) is 65.3 Å². The number of carbonyl (C=O) groups is 1. The van der Waals surface area contributed by atoms with Crippen molar-refractivity contribution in [1.82, 2.24) is 34.9 Å². The molecule has 5 heterocycles. The van der Waals surface area contributed by atoms with Gasteiger partial charge in [-0.2, -0.15) is 5.26 Å². The summed E-state index contributed by atoms with van der Waals surface area (Å²) >= 11 is 0. The van der Waals surface area contributed by atoms with Crippen LogP contribution in [0.25, 0.3) is 33.7 Å². The number of nitrogens with one attached hydrogen (secondary N) is 1. The van der Waals surface area contributed by atoms with E-state index < -0.39 is 0 Å². The Hall–Kier alpha value is -4.91. The first-order valence-electron chi connectivity index (χ1n) is 13.5. The smallest absolute Gasteiger partial charge is 0.178 e. The molecule has 0 bridgehead atoms. The molecule has 5 aromatic rings. The molecule has 1 aromatic carbocycles. The molecule has 1 N–H and O–H groups in total. The Labute approximate surface area is 230 Å². The monoisotopic (exact) mass is 529 g/mol. The lowest BCUT2D eigenvalue weighted by molar-refractivity contribution is -0.122. The van der Waals surface area contributed by atoms with Crippen molar-refractivity contribution < 1.29 is 4.79 Å². The maximum atomic E-state index is 11.7. The molecule has 10 heteroatoms. The number of imidazole rings is 1. The fourth-order valence-electron chi connectivity index (χ4n) is 6.00. The molecule has 0 amide bonds. The number of pyridine rings is 2. The molecule has 7 rings (SSSR count). The summed E-state index contributed by atoms with van der Waals surface area (Å²) in [6, 6.07) is 15.9. The van der Waals surface area contributed by atoms with Gasteiger partial charge in [-0.3, -0.25) is 4.79 Å².